The fraction of sp³-hybridized carbons (Fsp3) is 0.571. The lowest BCUT2D eigenvalue weighted by molar-refractivity contribution is 0.112. The van der Waals surface area contributed by atoms with Gasteiger partial charge in [0.25, 0.3) is 0 Å². The Balaban J connectivity index is 2.26. The Bertz CT molecular complexity index is 397. The number of hydrogen-bond donors (Lipinski definition) is 0. The maximum absolute atomic E-state index is 10.7. The number of aromatic nitrogens is 1. The number of aldehydes is 1. The van der Waals surface area contributed by atoms with Crippen molar-refractivity contribution in [1.82, 2.24) is 4.98 Å². The molecule has 0 atom stereocenters. The molecule has 0 amide bonds. The highest BCUT2D eigenvalue weighted by Crippen LogP contribution is 2.28. The first-order valence-corrected chi connectivity index (χ1v) is 6.44. The van der Waals surface area contributed by atoms with Crippen molar-refractivity contribution in [3.63, 3.8) is 0 Å². The monoisotopic (exact) mass is 232 g/mol. The van der Waals surface area contributed by atoms with Gasteiger partial charge in [0, 0.05) is 24.3 Å². The van der Waals surface area contributed by atoms with Crippen molar-refractivity contribution in [2.45, 2.75) is 45.6 Å². The lowest BCUT2D eigenvalue weighted by Gasteiger charge is -2.30. The topological polar surface area (TPSA) is 33.2 Å². The molecule has 0 aliphatic heterocycles. The fourth-order valence-corrected chi connectivity index (χ4v) is 2.75. The first-order valence-electron chi connectivity index (χ1n) is 6.44. The lowest BCUT2D eigenvalue weighted by atomic mass is 10.1. The lowest BCUT2D eigenvalue weighted by Crippen LogP contribution is -2.34. The van der Waals surface area contributed by atoms with Crippen molar-refractivity contribution in [3.05, 3.63) is 23.4 Å². The minimum atomic E-state index is 0.633. The van der Waals surface area contributed by atoms with Gasteiger partial charge in [-0.05, 0) is 38.3 Å². The Hall–Kier alpha value is -1.38. The highest BCUT2D eigenvalue weighted by molar-refractivity contribution is 5.75. The van der Waals surface area contributed by atoms with E-state index in [2.05, 4.69) is 16.8 Å². The van der Waals surface area contributed by atoms with Crippen LogP contribution in [0.1, 0.15) is 48.5 Å². The zero-order valence-electron chi connectivity index (χ0n) is 10.6. The number of carbonyl (C=O) groups excluding carboxylic acids is 1. The molecule has 0 unspecified atom stereocenters. The molecule has 17 heavy (non-hydrogen) atoms. The third kappa shape index (κ3) is 2.48. The van der Waals surface area contributed by atoms with Gasteiger partial charge < -0.3 is 4.90 Å². The van der Waals surface area contributed by atoms with Crippen molar-refractivity contribution < 1.29 is 4.79 Å². The Morgan fingerprint density at radius 2 is 2.18 bits per heavy atom. The highest BCUT2D eigenvalue weighted by atomic mass is 16.1. The summed E-state index contributed by atoms with van der Waals surface area (Å²) in [5.74, 6) is 1.05. The zero-order valence-corrected chi connectivity index (χ0v) is 10.6. The smallest absolute Gasteiger partial charge is 0.151 e. The first-order chi connectivity index (χ1) is 8.26. The Morgan fingerprint density at radius 1 is 1.47 bits per heavy atom. The van der Waals surface area contributed by atoms with E-state index in [9.17, 15) is 4.79 Å². The third-order valence-electron chi connectivity index (χ3n) is 3.59. The summed E-state index contributed by atoms with van der Waals surface area (Å²) < 4.78 is 0. The molecule has 0 radical (unpaired) electrons. The fourth-order valence-electron chi connectivity index (χ4n) is 2.75. The predicted molar refractivity (Wildman–Crippen MR) is 69.6 cm³/mol. The molecule has 0 saturated heterocycles. The summed E-state index contributed by atoms with van der Waals surface area (Å²) in [5, 5.41) is 0. The summed E-state index contributed by atoms with van der Waals surface area (Å²) >= 11 is 0. The molecule has 1 aromatic rings. The standard InChI is InChI=1S/C14H20N2O/c1-3-16(13-6-4-5-7-13)14-11(2)8-12(10-17)9-15-14/h8-10,13H,3-7H2,1-2H3. The molecule has 0 aromatic carbocycles. The van der Waals surface area contributed by atoms with Crippen LogP contribution in [0.4, 0.5) is 5.82 Å². The molecule has 0 spiro atoms. The van der Waals surface area contributed by atoms with Crippen LogP contribution in [0.3, 0.4) is 0 Å². The van der Waals surface area contributed by atoms with Gasteiger partial charge in [-0.3, -0.25) is 4.79 Å². The van der Waals surface area contributed by atoms with E-state index in [4.69, 9.17) is 0 Å². The van der Waals surface area contributed by atoms with Crippen LogP contribution in [-0.4, -0.2) is 23.9 Å². The van der Waals surface area contributed by atoms with Crippen LogP contribution in [0.5, 0.6) is 0 Å². The summed E-state index contributed by atoms with van der Waals surface area (Å²) in [6.07, 6.45) is 7.72. The molecule has 0 N–H and O–H groups in total. The average molecular weight is 232 g/mol. The molecule has 1 aliphatic carbocycles. The van der Waals surface area contributed by atoms with Crippen LogP contribution in [-0.2, 0) is 0 Å². The van der Waals surface area contributed by atoms with Gasteiger partial charge in [-0.1, -0.05) is 12.8 Å². The molecule has 1 saturated carbocycles. The molecule has 92 valence electrons. The van der Waals surface area contributed by atoms with E-state index in [1.807, 2.05) is 13.0 Å². The van der Waals surface area contributed by atoms with Crippen LogP contribution in [0, 0.1) is 6.92 Å². The van der Waals surface area contributed by atoms with Gasteiger partial charge in [0.1, 0.15) is 5.82 Å². The maximum atomic E-state index is 10.7. The van der Waals surface area contributed by atoms with E-state index in [1.54, 1.807) is 6.20 Å². The van der Waals surface area contributed by atoms with E-state index in [1.165, 1.54) is 25.7 Å². The minimum absolute atomic E-state index is 0.633. The minimum Gasteiger partial charge on any atom is -0.354 e. The molecule has 1 aromatic heterocycles. The Kier molecular flexibility index (Phi) is 3.77. The summed E-state index contributed by atoms with van der Waals surface area (Å²) in [4.78, 5) is 17.6. The molecule has 3 heteroatoms. The number of aryl methyl sites for hydroxylation is 1. The molecule has 0 bridgehead atoms. The van der Waals surface area contributed by atoms with Crippen LogP contribution < -0.4 is 4.90 Å². The molecular weight excluding hydrogens is 212 g/mol. The third-order valence-corrected chi connectivity index (χ3v) is 3.59. The molecule has 3 nitrogen and oxygen atoms in total. The number of carbonyl (C=O) groups is 1. The summed E-state index contributed by atoms with van der Waals surface area (Å²) in [7, 11) is 0. The van der Waals surface area contributed by atoms with Gasteiger partial charge >= 0.3 is 0 Å². The average Bonchev–Trinajstić information content (AvgIpc) is 2.85. The van der Waals surface area contributed by atoms with Crippen LogP contribution in [0.15, 0.2) is 12.3 Å². The number of nitrogens with zero attached hydrogens (tertiary/aromatic N) is 2. The van der Waals surface area contributed by atoms with E-state index >= 15 is 0 Å². The van der Waals surface area contributed by atoms with Gasteiger partial charge in [0.05, 0.1) is 0 Å². The second-order valence-corrected chi connectivity index (χ2v) is 4.75. The first kappa shape index (κ1) is 12.1. The summed E-state index contributed by atoms with van der Waals surface area (Å²) in [5.41, 5.74) is 1.76. The SMILES string of the molecule is CCN(c1ncc(C=O)cc1C)C1CCCC1. The van der Waals surface area contributed by atoms with Crippen molar-refractivity contribution in [1.29, 1.82) is 0 Å². The Morgan fingerprint density at radius 3 is 2.71 bits per heavy atom. The quantitative estimate of drug-likeness (QED) is 0.748. The maximum Gasteiger partial charge on any atom is 0.151 e. The molecule has 1 fully saturated rings. The van der Waals surface area contributed by atoms with Crippen LogP contribution >= 0.6 is 0 Å². The largest absolute Gasteiger partial charge is 0.354 e. The number of rotatable bonds is 4. The zero-order chi connectivity index (χ0) is 12.3. The van der Waals surface area contributed by atoms with Gasteiger partial charge in [0.2, 0.25) is 0 Å². The number of anilines is 1. The number of pyridine rings is 1. The second kappa shape index (κ2) is 5.30. The molecule has 1 aliphatic rings. The van der Waals surface area contributed by atoms with Crippen molar-refractivity contribution >= 4 is 12.1 Å². The van der Waals surface area contributed by atoms with Crippen molar-refractivity contribution in [3.8, 4) is 0 Å². The molecule has 1 heterocycles. The van der Waals surface area contributed by atoms with E-state index in [-0.39, 0.29) is 0 Å². The second-order valence-electron chi connectivity index (χ2n) is 4.75. The predicted octanol–water partition coefficient (Wildman–Crippen LogP) is 2.97. The molecule has 2 rings (SSSR count). The van der Waals surface area contributed by atoms with E-state index in [0.29, 0.717) is 11.6 Å². The highest BCUT2D eigenvalue weighted by Gasteiger charge is 2.23. The van der Waals surface area contributed by atoms with Gasteiger partial charge in [0.15, 0.2) is 6.29 Å². The normalized spacial score (nSPS) is 16.1. The van der Waals surface area contributed by atoms with Crippen LogP contribution in [0.25, 0.3) is 0 Å². The van der Waals surface area contributed by atoms with Crippen molar-refractivity contribution in [2.24, 2.45) is 0 Å². The van der Waals surface area contributed by atoms with Crippen molar-refractivity contribution in [2.75, 3.05) is 11.4 Å². The Labute approximate surface area is 103 Å². The van der Waals surface area contributed by atoms with Gasteiger partial charge in [-0.15, -0.1) is 0 Å². The summed E-state index contributed by atoms with van der Waals surface area (Å²) in [6, 6.07) is 2.56. The van der Waals surface area contributed by atoms with E-state index in [0.717, 1.165) is 24.2 Å². The van der Waals surface area contributed by atoms with E-state index < -0.39 is 0 Å². The van der Waals surface area contributed by atoms with Gasteiger partial charge in [-0.2, -0.15) is 0 Å². The van der Waals surface area contributed by atoms with Crippen LogP contribution in [0.2, 0.25) is 0 Å². The summed E-state index contributed by atoms with van der Waals surface area (Å²) in [6.45, 7) is 5.19. The van der Waals surface area contributed by atoms with Gasteiger partial charge in [-0.25, -0.2) is 4.98 Å². The molecular formula is C14H20N2O. The number of hydrogen-bond acceptors (Lipinski definition) is 3.